The summed E-state index contributed by atoms with van der Waals surface area (Å²) in [6.07, 6.45) is 6.73. The number of hydrogen-bond acceptors (Lipinski definition) is 3. The van der Waals surface area contributed by atoms with Gasteiger partial charge in [-0.25, -0.2) is 0 Å². The van der Waals surface area contributed by atoms with E-state index in [1.807, 2.05) is 12.1 Å². The van der Waals surface area contributed by atoms with E-state index in [1.165, 1.54) is 5.56 Å². The summed E-state index contributed by atoms with van der Waals surface area (Å²) in [7, 11) is 0. The molecule has 2 aromatic rings. The van der Waals surface area contributed by atoms with E-state index in [0.29, 0.717) is 24.1 Å². The highest BCUT2D eigenvalue weighted by molar-refractivity contribution is 6.12. The number of carbonyl (C=O) groups excluding carboxylic acids is 2. The van der Waals surface area contributed by atoms with E-state index in [1.54, 1.807) is 11.0 Å². The number of hydrogen-bond donors (Lipinski definition) is 1. The van der Waals surface area contributed by atoms with Gasteiger partial charge in [-0.05, 0) is 55.4 Å². The predicted molar refractivity (Wildman–Crippen MR) is 105 cm³/mol. The van der Waals surface area contributed by atoms with Crippen molar-refractivity contribution in [3.8, 4) is 5.75 Å². The van der Waals surface area contributed by atoms with E-state index in [9.17, 15) is 14.7 Å². The third kappa shape index (κ3) is 3.61. The van der Waals surface area contributed by atoms with Gasteiger partial charge in [0, 0.05) is 18.9 Å². The molecule has 27 heavy (non-hydrogen) atoms. The van der Waals surface area contributed by atoms with Crippen molar-refractivity contribution in [3.63, 3.8) is 0 Å². The Morgan fingerprint density at radius 1 is 0.963 bits per heavy atom. The van der Waals surface area contributed by atoms with Crippen LogP contribution in [0.2, 0.25) is 0 Å². The van der Waals surface area contributed by atoms with Gasteiger partial charge in [0.1, 0.15) is 5.75 Å². The Morgan fingerprint density at radius 3 is 2.48 bits per heavy atom. The monoisotopic (exact) mass is 363 g/mol. The minimum Gasteiger partial charge on any atom is -0.507 e. The van der Waals surface area contributed by atoms with Gasteiger partial charge in [0.25, 0.3) is 0 Å². The summed E-state index contributed by atoms with van der Waals surface area (Å²) >= 11 is 0. The van der Waals surface area contributed by atoms with Crippen molar-refractivity contribution >= 4 is 17.4 Å². The number of fused-ring (bicyclic) bond motifs is 3. The summed E-state index contributed by atoms with van der Waals surface area (Å²) in [5.74, 6) is 0.0379. The quantitative estimate of drug-likeness (QED) is 0.773. The lowest BCUT2D eigenvalue weighted by molar-refractivity contribution is -0.117. The zero-order valence-electron chi connectivity index (χ0n) is 15.5. The lowest BCUT2D eigenvalue weighted by Crippen LogP contribution is -2.39. The van der Waals surface area contributed by atoms with E-state index < -0.39 is 0 Å². The Labute approximate surface area is 159 Å². The molecule has 2 heterocycles. The molecular weight excluding hydrogens is 338 g/mol. The number of Topliss-reactive ketones (excluding diaryl/α,β-unsaturated/α-hetero) is 1. The van der Waals surface area contributed by atoms with Gasteiger partial charge in [0.05, 0.1) is 11.3 Å². The molecule has 4 rings (SSSR count). The molecule has 1 atom stereocenters. The molecule has 1 fully saturated rings. The number of ketones is 1. The number of aromatic hydroxyl groups is 1. The standard InChI is InChI=1S/C23H25NO3/c25-20-14-17(10-6-2-5-9-16-7-3-1-4-8-16)13-19-23(20)21(26)15-18-11-12-22(27)24(18)19/h1,3-4,7-8,13-14,18,25H,2,5-6,9-12,15H2. The highest BCUT2D eigenvalue weighted by Gasteiger charge is 2.40. The third-order valence-electron chi connectivity index (χ3n) is 5.71. The van der Waals surface area contributed by atoms with Gasteiger partial charge in [-0.1, -0.05) is 36.8 Å². The van der Waals surface area contributed by atoms with E-state index in [4.69, 9.17) is 0 Å². The average molecular weight is 363 g/mol. The summed E-state index contributed by atoms with van der Waals surface area (Å²) in [5, 5.41) is 10.4. The van der Waals surface area contributed by atoms with Crippen molar-refractivity contribution in [2.45, 2.75) is 57.4 Å². The zero-order chi connectivity index (χ0) is 18.8. The topological polar surface area (TPSA) is 57.6 Å². The minimum absolute atomic E-state index is 0.0231. The fraction of sp³-hybridized carbons (Fsp3) is 0.391. The molecule has 2 aliphatic heterocycles. The summed E-state index contributed by atoms with van der Waals surface area (Å²) in [6, 6.07) is 14.1. The number of anilines is 1. The first-order chi connectivity index (χ1) is 13.1. The number of unbranched alkanes of at least 4 members (excludes halogenated alkanes) is 2. The highest BCUT2D eigenvalue weighted by Crippen LogP contribution is 2.41. The van der Waals surface area contributed by atoms with E-state index in [0.717, 1.165) is 44.1 Å². The number of amides is 1. The molecule has 1 saturated heterocycles. The van der Waals surface area contributed by atoms with Gasteiger partial charge in [-0.15, -0.1) is 0 Å². The van der Waals surface area contributed by atoms with Crippen LogP contribution in [0.15, 0.2) is 42.5 Å². The minimum atomic E-state index is -0.0483. The molecule has 0 radical (unpaired) electrons. The SMILES string of the molecule is O=C1CC2CCC(=O)N2c2cc(CCCCCc3ccccc3)cc(O)c21. The van der Waals surface area contributed by atoms with Crippen LogP contribution >= 0.6 is 0 Å². The molecule has 1 unspecified atom stereocenters. The molecule has 0 aliphatic carbocycles. The Morgan fingerprint density at radius 2 is 1.70 bits per heavy atom. The Balaban J connectivity index is 1.41. The maximum absolute atomic E-state index is 12.4. The van der Waals surface area contributed by atoms with Crippen molar-refractivity contribution in [3.05, 3.63) is 59.2 Å². The van der Waals surface area contributed by atoms with Crippen LogP contribution < -0.4 is 4.90 Å². The zero-order valence-corrected chi connectivity index (χ0v) is 15.5. The molecule has 4 heteroatoms. The fourth-order valence-corrected chi connectivity index (χ4v) is 4.35. The number of nitrogens with zero attached hydrogens (tertiary/aromatic N) is 1. The summed E-state index contributed by atoms with van der Waals surface area (Å²) < 4.78 is 0. The van der Waals surface area contributed by atoms with Crippen LogP contribution in [0.25, 0.3) is 0 Å². The van der Waals surface area contributed by atoms with Crippen LogP contribution in [0.1, 0.15) is 60.0 Å². The molecule has 1 N–H and O–H groups in total. The first-order valence-corrected chi connectivity index (χ1v) is 9.88. The first kappa shape index (κ1) is 17.8. The molecule has 1 amide bonds. The third-order valence-corrected chi connectivity index (χ3v) is 5.71. The predicted octanol–water partition coefficient (Wildman–Crippen LogP) is 4.43. The van der Waals surface area contributed by atoms with E-state index >= 15 is 0 Å². The second-order valence-electron chi connectivity index (χ2n) is 7.64. The van der Waals surface area contributed by atoms with Crippen molar-refractivity contribution in [1.82, 2.24) is 0 Å². The van der Waals surface area contributed by atoms with Crippen molar-refractivity contribution < 1.29 is 14.7 Å². The van der Waals surface area contributed by atoms with Gasteiger partial charge in [-0.3, -0.25) is 9.59 Å². The van der Waals surface area contributed by atoms with Crippen molar-refractivity contribution in [2.24, 2.45) is 0 Å². The first-order valence-electron chi connectivity index (χ1n) is 9.88. The summed E-state index contributed by atoms with van der Waals surface area (Å²) in [5.41, 5.74) is 3.31. The highest BCUT2D eigenvalue weighted by atomic mass is 16.3. The molecular formula is C23H25NO3. The molecule has 4 nitrogen and oxygen atoms in total. The number of phenolic OH excluding ortho intramolecular Hbond substituents is 1. The van der Waals surface area contributed by atoms with Crippen LogP contribution in [-0.2, 0) is 17.6 Å². The molecule has 2 aromatic carbocycles. The second-order valence-corrected chi connectivity index (χ2v) is 7.64. The van der Waals surface area contributed by atoms with Crippen LogP contribution in [0.3, 0.4) is 0 Å². The van der Waals surface area contributed by atoms with Crippen LogP contribution in [0.4, 0.5) is 5.69 Å². The maximum atomic E-state index is 12.4. The van der Waals surface area contributed by atoms with Gasteiger partial charge in [-0.2, -0.15) is 0 Å². The number of phenols is 1. The lowest BCUT2D eigenvalue weighted by Gasteiger charge is -2.31. The molecule has 140 valence electrons. The number of carbonyl (C=O) groups is 2. The fourth-order valence-electron chi connectivity index (χ4n) is 4.35. The summed E-state index contributed by atoms with van der Waals surface area (Å²) in [6.45, 7) is 0. The van der Waals surface area contributed by atoms with Crippen molar-refractivity contribution in [1.29, 1.82) is 0 Å². The van der Waals surface area contributed by atoms with Crippen LogP contribution in [0, 0.1) is 0 Å². The number of benzene rings is 2. The molecule has 0 bridgehead atoms. The molecule has 0 spiro atoms. The Kier molecular flexibility index (Phi) is 4.97. The number of aryl methyl sites for hydroxylation is 2. The average Bonchev–Trinajstić information content (AvgIpc) is 3.02. The van der Waals surface area contributed by atoms with Gasteiger partial charge < -0.3 is 10.0 Å². The van der Waals surface area contributed by atoms with Crippen LogP contribution in [0.5, 0.6) is 5.75 Å². The largest absolute Gasteiger partial charge is 0.507 e. The van der Waals surface area contributed by atoms with Gasteiger partial charge >= 0.3 is 0 Å². The molecule has 2 aliphatic rings. The van der Waals surface area contributed by atoms with Gasteiger partial charge in [0.2, 0.25) is 5.91 Å². The summed E-state index contributed by atoms with van der Waals surface area (Å²) in [4.78, 5) is 26.4. The Bertz CT molecular complexity index is 859. The second kappa shape index (κ2) is 7.55. The van der Waals surface area contributed by atoms with E-state index in [-0.39, 0.29) is 23.5 Å². The maximum Gasteiger partial charge on any atom is 0.227 e. The normalized spacial score (nSPS) is 18.5. The van der Waals surface area contributed by atoms with Crippen LogP contribution in [-0.4, -0.2) is 22.8 Å². The smallest absolute Gasteiger partial charge is 0.227 e. The molecule has 0 aromatic heterocycles. The molecule has 0 saturated carbocycles. The Hall–Kier alpha value is -2.62. The lowest BCUT2D eigenvalue weighted by atomic mass is 9.92. The van der Waals surface area contributed by atoms with Gasteiger partial charge in [0.15, 0.2) is 5.78 Å². The van der Waals surface area contributed by atoms with Crippen molar-refractivity contribution in [2.75, 3.05) is 4.90 Å². The van der Waals surface area contributed by atoms with E-state index in [2.05, 4.69) is 24.3 Å². The number of rotatable bonds is 6.